The molecule has 1 aromatic heterocycles. The molecule has 0 aliphatic heterocycles. The summed E-state index contributed by atoms with van der Waals surface area (Å²) >= 11 is 0. The molecule has 0 saturated carbocycles. The van der Waals surface area contributed by atoms with E-state index in [1.807, 2.05) is 0 Å². The number of imidazole rings is 1. The average molecular weight is 212 g/mol. The van der Waals surface area contributed by atoms with Crippen LogP contribution in [0.1, 0.15) is 5.82 Å². The predicted octanol–water partition coefficient (Wildman–Crippen LogP) is -0.896. The molecule has 15 heavy (non-hydrogen) atoms. The highest BCUT2D eigenvalue weighted by Gasteiger charge is 2.03. The van der Waals surface area contributed by atoms with Crippen LogP contribution in [0.5, 0.6) is 0 Å². The Balaban J connectivity index is 2.39. The number of carbonyl (C=O) groups excluding carboxylic acids is 1. The Morgan fingerprint density at radius 1 is 1.73 bits per heavy atom. The minimum atomic E-state index is -0.369. The molecule has 0 spiro atoms. The first-order chi connectivity index (χ1) is 7.24. The summed E-state index contributed by atoms with van der Waals surface area (Å²) in [5.74, 6) is 0.427. The topological polar surface area (TPSA) is 82.2 Å². The summed E-state index contributed by atoms with van der Waals surface area (Å²) in [5.41, 5.74) is 5.10. The van der Waals surface area contributed by atoms with E-state index in [4.69, 9.17) is 10.5 Å². The second kappa shape index (κ2) is 6.15. The largest absolute Gasteiger partial charge is 0.383 e. The fourth-order valence-corrected chi connectivity index (χ4v) is 1.19. The molecule has 0 aliphatic rings. The third-order valence-electron chi connectivity index (χ3n) is 1.89. The zero-order valence-electron chi connectivity index (χ0n) is 8.77. The quantitative estimate of drug-likeness (QED) is 0.574. The molecule has 6 heteroatoms. The van der Waals surface area contributed by atoms with Gasteiger partial charge in [-0.15, -0.1) is 0 Å². The maximum atomic E-state index is 10.7. The van der Waals surface area contributed by atoms with Gasteiger partial charge in [-0.3, -0.25) is 4.79 Å². The van der Waals surface area contributed by atoms with E-state index in [1.54, 1.807) is 24.1 Å². The Kier molecular flexibility index (Phi) is 4.79. The van der Waals surface area contributed by atoms with Crippen molar-refractivity contribution in [3.8, 4) is 0 Å². The van der Waals surface area contributed by atoms with E-state index < -0.39 is 0 Å². The molecule has 0 aliphatic carbocycles. The van der Waals surface area contributed by atoms with Gasteiger partial charge in [-0.05, 0) is 0 Å². The normalized spacial score (nSPS) is 10.5. The zero-order chi connectivity index (χ0) is 11.1. The van der Waals surface area contributed by atoms with Crippen molar-refractivity contribution in [3.05, 3.63) is 18.2 Å². The summed E-state index contributed by atoms with van der Waals surface area (Å²) in [6, 6.07) is 0. The van der Waals surface area contributed by atoms with Crippen molar-refractivity contribution < 1.29 is 9.53 Å². The van der Waals surface area contributed by atoms with Gasteiger partial charge in [-0.2, -0.15) is 0 Å². The Bertz CT molecular complexity index is 311. The fraction of sp³-hybridized carbons (Fsp3) is 0.556. The number of methoxy groups -OCH3 is 1. The third-order valence-corrected chi connectivity index (χ3v) is 1.89. The highest BCUT2D eigenvalue weighted by Crippen LogP contribution is 1.96. The van der Waals surface area contributed by atoms with Crippen LogP contribution in [-0.4, -0.2) is 35.7 Å². The lowest BCUT2D eigenvalue weighted by Gasteiger charge is -2.06. The van der Waals surface area contributed by atoms with Gasteiger partial charge in [0.15, 0.2) is 0 Å². The Morgan fingerprint density at radius 3 is 3.20 bits per heavy atom. The van der Waals surface area contributed by atoms with Crippen LogP contribution in [0.3, 0.4) is 0 Å². The maximum absolute atomic E-state index is 10.7. The van der Waals surface area contributed by atoms with E-state index >= 15 is 0 Å². The Morgan fingerprint density at radius 2 is 2.53 bits per heavy atom. The van der Waals surface area contributed by atoms with E-state index in [0.717, 1.165) is 12.4 Å². The third kappa shape index (κ3) is 4.09. The predicted molar refractivity (Wildman–Crippen MR) is 55.0 cm³/mol. The fourth-order valence-electron chi connectivity index (χ4n) is 1.19. The van der Waals surface area contributed by atoms with Crippen molar-refractivity contribution >= 4 is 5.91 Å². The standard InChI is InChI=1S/C9H16N4O2/c1-15-5-3-11-6-9-12-2-4-13(9)7-8(10)14/h2,4,11H,3,5-7H2,1H3,(H2,10,14). The maximum Gasteiger partial charge on any atom is 0.237 e. The lowest BCUT2D eigenvalue weighted by Crippen LogP contribution is -2.24. The first kappa shape index (κ1) is 11.7. The molecule has 1 amide bonds. The first-order valence-corrected chi connectivity index (χ1v) is 4.72. The lowest BCUT2D eigenvalue weighted by molar-refractivity contribution is -0.118. The van der Waals surface area contributed by atoms with Crippen LogP contribution in [0.4, 0.5) is 0 Å². The number of nitrogens with one attached hydrogen (secondary N) is 1. The van der Waals surface area contributed by atoms with Gasteiger partial charge in [-0.25, -0.2) is 4.98 Å². The summed E-state index contributed by atoms with van der Waals surface area (Å²) in [5, 5.41) is 3.14. The van der Waals surface area contributed by atoms with E-state index in [1.165, 1.54) is 0 Å². The summed E-state index contributed by atoms with van der Waals surface area (Å²) in [6.45, 7) is 2.17. The monoisotopic (exact) mass is 212 g/mol. The summed E-state index contributed by atoms with van der Waals surface area (Å²) in [6.07, 6.45) is 3.38. The molecule has 0 atom stereocenters. The van der Waals surface area contributed by atoms with E-state index in [2.05, 4.69) is 10.3 Å². The molecule has 1 heterocycles. The SMILES string of the molecule is COCCNCc1nccn1CC(N)=O. The van der Waals surface area contributed by atoms with Crippen LogP contribution >= 0.6 is 0 Å². The van der Waals surface area contributed by atoms with Crippen molar-refractivity contribution in [1.82, 2.24) is 14.9 Å². The van der Waals surface area contributed by atoms with Crippen molar-refractivity contribution in [2.24, 2.45) is 5.73 Å². The van der Waals surface area contributed by atoms with Gasteiger partial charge >= 0.3 is 0 Å². The summed E-state index contributed by atoms with van der Waals surface area (Å²) in [4.78, 5) is 14.8. The smallest absolute Gasteiger partial charge is 0.237 e. The van der Waals surface area contributed by atoms with Crippen LogP contribution < -0.4 is 11.1 Å². The molecule has 0 aromatic carbocycles. The number of nitrogens with zero attached hydrogens (tertiary/aromatic N) is 2. The number of hydrogen-bond acceptors (Lipinski definition) is 4. The number of aromatic nitrogens is 2. The Hall–Kier alpha value is -1.40. The van der Waals surface area contributed by atoms with E-state index in [-0.39, 0.29) is 12.5 Å². The first-order valence-electron chi connectivity index (χ1n) is 4.72. The van der Waals surface area contributed by atoms with Crippen LogP contribution in [0.2, 0.25) is 0 Å². The van der Waals surface area contributed by atoms with Gasteiger partial charge in [0.25, 0.3) is 0 Å². The zero-order valence-corrected chi connectivity index (χ0v) is 8.77. The molecule has 1 aromatic rings. The van der Waals surface area contributed by atoms with Crippen molar-refractivity contribution in [1.29, 1.82) is 0 Å². The van der Waals surface area contributed by atoms with Crippen molar-refractivity contribution in [3.63, 3.8) is 0 Å². The van der Waals surface area contributed by atoms with Crippen LogP contribution in [-0.2, 0) is 22.6 Å². The minimum absolute atomic E-state index is 0.168. The molecule has 0 fully saturated rings. The van der Waals surface area contributed by atoms with Gasteiger partial charge in [-0.1, -0.05) is 0 Å². The number of amides is 1. The molecule has 6 nitrogen and oxygen atoms in total. The molecular formula is C9H16N4O2. The van der Waals surface area contributed by atoms with Gasteiger partial charge in [0.1, 0.15) is 12.4 Å². The van der Waals surface area contributed by atoms with Crippen molar-refractivity contribution in [2.75, 3.05) is 20.3 Å². The molecular weight excluding hydrogens is 196 g/mol. The number of hydrogen-bond donors (Lipinski definition) is 2. The van der Waals surface area contributed by atoms with Gasteiger partial charge in [0.05, 0.1) is 13.2 Å². The van der Waals surface area contributed by atoms with Crippen LogP contribution in [0.25, 0.3) is 0 Å². The number of carbonyl (C=O) groups is 1. The van der Waals surface area contributed by atoms with Crippen molar-refractivity contribution in [2.45, 2.75) is 13.1 Å². The molecule has 0 saturated heterocycles. The number of ether oxygens (including phenoxy) is 1. The van der Waals surface area contributed by atoms with E-state index in [0.29, 0.717) is 13.2 Å². The molecule has 0 radical (unpaired) electrons. The summed E-state index contributed by atoms with van der Waals surface area (Å²) in [7, 11) is 1.65. The molecule has 84 valence electrons. The van der Waals surface area contributed by atoms with Crippen LogP contribution in [0.15, 0.2) is 12.4 Å². The lowest BCUT2D eigenvalue weighted by atomic mass is 10.5. The molecule has 1 rings (SSSR count). The second-order valence-corrected chi connectivity index (χ2v) is 3.11. The van der Waals surface area contributed by atoms with Gasteiger partial charge in [0, 0.05) is 26.0 Å². The highest BCUT2D eigenvalue weighted by atomic mass is 16.5. The summed E-state index contributed by atoms with van der Waals surface area (Å²) < 4.78 is 6.62. The van der Waals surface area contributed by atoms with E-state index in [9.17, 15) is 4.79 Å². The molecule has 0 unspecified atom stereocenters. The number of primary amides is 1. The van der Waals surface area contributed by atoms with Crippen LogP contribution in [0, 0.1) is 0 Å². The highest BCUT2D eigenvalue weighted by molar-refractivity contribution is 5.73. The molecule has 0 bridgehead atoms. The van der Waals surface area contributed by atoms with Gasteiger partial charge < -0.3 is 20.4 Å². The minimum Gasteiger partial charge on any atom is -0.383 e. The van der Waals surface area contributed by atoms with Gasteiger partial charge in [0.2, 0.25) is 5.91 Å². The number of nitrogens with two attached hydrogens (primary N) is 1. The Labute approximate surface area is 88.4 Å². The molecule has 3 N–H and O–H groups in total. The number of rotatable bonds is 7. The second-order valence-electron chi connectivity index (χ2n) is 3.11. The average Bonchev–Trinajstić information content (AvgIpc) is 2.59.